The van der Waals surface area contributed by atoms with Crippen LogP contribution in [0.4, 0.5) is 23.0 Å². The third-order valence-corrected chi connectivity index (χ3v) is 8.65. The standard InChI is InChI=1S/C36H46N6/c1-6-21-41(22-7-2)31-16-14-30(15-17-31)39-36-34(8-3)38-25-35(40-36)42-23-9-10-32(26(42)4)33-18-13-28(27-11-12-27)24-29(33)19-20-37-5/h3,13-20,24-27,32,37H,6-7,9-12,21-23H2,1-2,4-5H3,(H,39,40)/b20-19-/t26-,32?/m1/s1. The fraction of sp³-hybridized carbons (Fsp3) is 0.444. The Morgan fingerprint density at radius 3 is 2.50 bits per heavy atom. The second-order valence-electron chi connectivity index (χ2n) is 11.7. The highest BCUT2D eigenvalue weighted by Gasteiger charge is 2.32. The van der Waals surface area contributed by atoms with Crippen molar-refractivity contribution in [1.82, 2.24) is 15.3 Å². The van der Waals surface area contributed by atoms with Crippen molar-refractivity contribution in [2.45, 2.75) is 77.2 Å². The summed E-state index contributed by atoms with van der Waals surface area (Å²) in [6.07, 6.45) is 19.1. The minimum absolute atomic E-state index is 0.272. The molecule has 2 heterocycles. The molecule has 1 unspecified atom stereocenters. The van der Waals surface area contributed by atoms with Gasteiger partial charge in [-0.3, -0.25) is 0 Å². The smallest absolute Gasteiger partial charge is 0.167 e. The fourth-order valence-corrected chi connectivity index (χ4v) is 6.31. The molecule has 0 amide bonds. The summed E-state index contributed by atoms with van der Waals surface area (Å²) < 4.78 is 0. The molecule has 1 aliphatic carbocycles. The summed E-state index contributed by atoms with van der Waals surface area (Å²) in [6.45, 7) is 9.83. The molecule has 6 nitrogen and oxygen atoms in total. The number of terminal acetylenes is 1. The lowest BCUT2D eigenvalue weighted by atomic mass is 9.81. The quantitative estimate of drug-likeness (QED) is 0.221. The van der Waals surface area contributed by atoms with Crippen LogP contribution in [0.2, 0.25) is 0 Å². The van der Waals surface area contributed by atoms with Gasteiger partial charge in [0.1, 0.15) is 5.82 Å². The molecule has 2 atom stereocenters. The molecule has 42 heavy (non-hydrogen) atoms. The number of rotatable bonds is 12. The number of piperidine rings is 1. The van der Waals surface area contributed by atoms with Crippen molar-refractivity contribution in [3.05, 3.63) is 77.2 Å². The third-order valence-electron chi connectivity index (χ3n) is 8.65. The maximum atomic E-state index is 5.86. The van der Waals surface area contributed by atoms with E-state index in [9.17, 15) is 0 Å². The van der Waals surface area contributed by atoms with Crippen molar-refractivity contribution in [2.75, 3.05) is 41.8 Å². The Morgan fingerprint density at radius 2 is 1.83 bits per heavy atom. The molecule has 2 N–H and O–H groups in total. The van der Waals surface area contributed by atoms with Crippen LogP contribution in [0.5, 0.6) is 0 Å². The predicted octanol–water partition coefficient (Wildman–Crippen LogP) is 7.67. The van der Waals surface area contributed by atoms with Gasteiger partial charge < -0.3 is 20.4 Å². The molecule has 0 radical (unpaired) electrons. The molecule has 1 saturated heterocycles. The molecule has 0 spiro atoms. The predicted molar refractivity (Wildman–Crippen MR) is 178 cm³/mol. The fourth-order valence-electron chi connectivity index (χ4n) is 6.31. The Morgan fingerprint density at radius 1 is 1.07 bits per heavy atom. The van der Waals surface area contributed by atoms with E-state index in [2.05, 4.69) is 101 Å². The van der Waals surface area contributed by atoms with E-state index < -0.39 is 0 Å². The maximum Gasteiger partial charge on any atom is 0.167 e. The Bertz CT molecular complexity index is 1400. The maximum absolute atomic E-state index is 5.86. The summed E-state index contributed by atoms with van der Waals surface area (Å²) in [7, 11) is 1.96. The second-order valence-corrected chi connectivity index (χ2v) is 11.7. The largest absolute Gasteiger partial charge is 0.394 e. The van der Waals surface area contributed by atoms with E-state index in [1.165, 1.54) is 35.2 Å². The number of hydrogen-bond acceptors (Lipinski definition) is 6. The average molecular weight is 563 g/mol. The van der Waals surface area contributed by atoms with Gasteiger partial charge in [-0.1, -0.05) is 32.0 Å². The van der Waals surface area contributed by atoms with Gasteiger partial charge in [-0.05, 0) is 111 Å². The Kier molecular flexibility index (Phi) is 9.69. The van der Waals surface area contributed by atoms with Crippen LogP contribution >= 0.6 is 0 Å². The molecule has 2 aromatic carbocycles. The first-order valence-electron chi connectivity index (χ1n) is 15.8. The van der Waals surface area contributed by atoms with Crippen molar-refractivity contribution < 1.29 is 0 Å². The van der Waals surface area contributed by atoms with Crippen LogP contribution < -0.4 is 20.4 Å². The zero-order chi connectivity index (χ0) is 29.5. The monoisotopic (exact) mass is 562 g/mol. The first-order chi connectivity index (χ1) is 20.6. The molecule has 1 aliphatic heterocycles. The van der Waals surface area contributed by atoms with Crippen molar-refractivity contribution in [2.24, 2.45) is 0 Å². The molecule has 5 rings (SSSR count). The van der Waals surface area contributed by atoms with Crippen LogP contribution in [-0.2, 0) is 0 Å². The lowest BCUT2D eigenvalue weighted by Gasteiger charge is -2.41. The van der Waals surface area contributed by atoms with Gasteiger partial charge in [0.05, 0.1) is 6.20 Å². The number of nitrogens with one attached hydrogen (secondary N) is 2. The molecular formula is C36H46N6. The topological polar surface area (TPSA) is 56.3 Å². The van der Waals surface area contributed by atoms with Gasteiger partial charge in [-0.25, -0.2) is 9.97 Å². The van der Waals surface area contributed by atoms with Crippen LogP contribution in [0.25, 0.3) is 6.08 Å². The van der Waals surface area contributed by atoms with E-state index in [-0.39, 0.29) is 6.04 Å². The molecule has 3 aromatic rings. The van der Waals surface area contributed by atoms with Crippen LogP contribution in [0.3, 0.4) is 0 Å². The van der Waals surface area contributed by atoms with Crippen molar-refractivity contribution >= 4 is 29.1 Å². The molecular weight excluding hydrogens is 516 g/mol. The molecule has 1 saturated carbocycles. The van der Waals surface area contributed by atoms with Crippen LogP contribution in [0.15, 0.2) is 54.9 Å². The zero-order valence-electron chi connectivity index (χ0n) is 25.7. The Labute approximate surface area is 252 Å². The van der Waals surface area contributed by atoms with Gasteiger partial charge in [0.15, 0.2) is 11.5 Å². The summed E-state index contributed by atoms with van der Waals surface area (Å²) >= 11 is 0. The van der Waals surface area contributed by atoms with Gasteiger partial charge in [0.2, 0.25) is 0 Å². The van der Waals surface area contributed by atoms with Crippen LogP contribution in [0, 0.1) is 12.3 Å². The SMILES string of the molecule is C#Cc1ncc(N2CCCC(c3ccc(C4CC4)cc3/C=C\NC)[C@H]2C)nc1Nc1ccc(N(CCC)CCC)cc1. The number of nitrogens with zero attached hydrogens (tertiary/aromatic N) is 4. The molecule has 220 valence electrons. The molecule has 2 aliphatic rings. The summed E-state index contributed by atoms with van der Waals surface area (Å²) in [5, 5.41) is 6.65. The van der Waals surface area contributed by atoms with Gasteiger partial charge in [-0.15, -0.1) is 6.42 Å². The van der Waals surface area contributed by atoms with Crippen molar-refractivity contribution in [3.8, 4) is 12.3 Å². The highest BCUT2D eigenvalue weighted by atomic mass is 15.2. The van der Waals surface area contributed by atoms with E-state index in [1.807, 2.05) is 19.4 Å². The summed E-state index contributed by atoms with van der Waals surface area (Å²) in [4.78, 5) is 14.6. The number of hydrogen-bond donors (Lipinski definition) is 2. The van der Waals surface area contributed by atoms with Crippen LogP contribution in [0.1, 0.15) is 93.5 Å². The summed E-state index contributed by atoms with van der Waals surface area (Å²) in [5.41, 5.74) is 6.92. The minimum atomic E-state index is 0.272. The Balaban J connectivity index is 1.38. The highest BCUT2D eigenvalue weighted by Crippen LogP contribution is 2.43. The zero-order valence-corrected chi connectivity index (χ0v) is 25.7. The van der Waals surface area contributed by atoms with E-state index in [4.69, 9.17) is 11.4 Å². The van der Waals surface area contributed by atoms with Gasteiger partial charge >= 0.3 is 0 Å². The van der Waals surface area contributed by atoms with E-state index in [0.29, 0.717) is 17.4 Å². The average Bonchev–Trinajstić information content (AvgIpc) is 3.86. The second kappa shape index (κ2) is 13.8. The van der Waals surface area contributed by atoms with E-state index in [0.717, 1.165) is 62.7 Å². The van der Waals surface area contributed by atoms with Crippen molar-refractivity contribution in [1.29, 1.82) is 0 Å². The van der Waals surface area contributed by atoms with Crippen LogP contribution in [-0.4, -0.2) is 42.7 Å². The van der Waals surface area contributed by atoms with E-state index in [1.54, 1.807) is 0 Å². The third kappa shape index (κ3) is 6.73. The van der Waals surface area contributed by atoms with Gasteiger partial charge in [0.25, 0.3) is 0 Å². The molecule has 6 heteroatoms. The first-order valence-corrected chi connectivity index (χ1v) is 15.8. The summed E-state index contributed by atoms with van der Waals surface area (Å²) in [5.74, 6) is 5.35. The number of benzene rings is 2. The normalized spacial score (nSPS) is 18.6. The van der Waals surface area contributed by atoms with Gasteiger partial charge in [0, 0.05) is 50.0 Å². The lowest BCUT2D eigenvalue weighted by Crippen LogP contribution is -2.43. The summed E-state index contributed by atoms with van der Waals surface area (Å²) in [6, 6.07) is 16.0. The van der Waals surface area contributed by atoms with Gasteiger partial charge in [-0.2, -0.15) is 0 Å². The molecule has 2 fully saturated rings. The van der Waals surface area contributed by atoms with E-state index >= 15 is 0 Å². The highest BCUT2D eigenvalue weighted by molar-refractivity contribution is 5.66. The lowest BCUT2D eigenvalue weighted by molar-refractivity contribution is 0.419. The number of aromatic nitrogens is 2. The molecule has 0 bridgehead atoms. The Hall–Kier alpha value is -3.98. The van der Waals surface area contributed by atoms with Crippen molar-refractivity contribution in [3.63, 3.8) is 0 Å². The first kappa shape index (κ1) is 29.5. The number of anilines is 4. The molecule has 1 aromatic heterocycles. The minimum Gasteiger partial charge on any atom is -0.394 e.